The Hall–Kier alpha value is -1.23. The third kappa shape index (κ3) is 1.98. The van der Waals surface area contributed by atoms with E-state index in [0.29, 0.717) is 37.1 Å². The van der Waals surface area contributed by atoms with Crippen LogP contribution in [0.15, 0.2) is 4.42 Å². The van der Waals surface area contributed by atoms with Crippen molar-refractivity contribution < 1.29 is 9.21 Å². The molecule has 76 valence electrons. The van der Waals surface area contributed by atoms with Gasteiger partial charge in [0.25, 0.3) is 0 Å². The lowest BCUT2D eigenvalue weighted by atomic mass is 10.4. The second kappa shape index (κ2) is 3.88. The molecule has 5 nitrogen and oxygen atoms in total. The quantitative estimate of drug-likeness (QED) is 0.699. The van der Waals surface area contributed by atoms with Crippen molar-refractivity contribution in [3.8, 4) is 0 Å². The Morgan fingerprint density at radius 1 is 1.43 bits per heavy atom. The van der Waals surface area contributed by atoms with Crippen LogP contribution in [0, 0.1) is 0 Å². The van der Waals surface area contributed by atoms with Gasteiger partial charge in [0, 0.05) is 19.4 Å². The molecule has 1 aromatic rings. The van der Waals surface area contributed by atoms with Crippen LogP contribution in [0.2, 0.25) is 0 Å². The minimum atomic E-state index is 0.292. The van der Waals surface area contributed by atoms with E-state index in [0.717, 1.165) is 13.0 Å². The average Bonchev–Trinajstić information content (AvgIpc) is 2.76. The van der Waals surface area contributed by atoms with Crippen molar-refractivity contribution >= 4 is 5.78 Å². The van der Waals surface area contributed by atoms with E-state index < -0.39 is 0 Å². The number of hydrogen-bond donors (Lipinski definition) is 0. The molecule has 1 fully saturated rings. The van der Waals surface area contributed by atoms with E-state index in [1.807, 2.05) is 11.8 Å². The molecule has 0 amide bonds. The SMILES string of the molecule is CCc1nnc(CN2CCC(=O)C2)o1. The molecule has 1 aliphatic heterocycles. The molecule has 1 aromatic heterocycles. The van der Waals surface area contributed by atoms with Crippen molar-refractivity contribution in [2.24, 2.45) is 0 Å². The average molecular weight is 195 g/mol. The standard InChI is InChI=1S/C9H13N3O2/c1-2-8-10-11-9(14-8)6-12-4-3-7(13)5-12/h2-6H2,1H3. The molecule has 2 heterocycles. The van der Waals surface area contributed by atoms with Crippen LogP contribution in [0.4, 0.5) is 0 Å². The molecular formula is C9H13N3O2. The van der Waals surface area contributed by atoms with E-state index in [1.165, 1.54) is 0 Å². The number of Topliss-reactive ketones (excluding diaryl/α,β-unsaturated/α-hetero) is 1. The van der Waals surface area contributed by atoms with Gasteiger partial charge < -0.3 is 4.42 Å². The molecule has 2 rings (SSSR count). The lowest BCUT2D eigenvalue weighted by Gasteiger charge is -2.08. The molecule has 1 saturated heterocycles. The van der Waals surface area contributed by atoms with E-state index in [-0.39, 0.29) is 0 Å². The number of rotatable bonds is 3. The molecule has 0 saturated carbocycles. The van der Waals surface area contributed by atoms with Crippen LogP contribution in [-0.4, -0.2) is 34.0 Å². The molecule has 5 heteroatoms. The zero-order chi connectivity index (χ0) is 9.97. The van der Waals surface area contributed by atoms with Crippen LogP contribution in [0.5, 0.6) is 0 Å². The van der Waals surface area contributed by atoms with Crippen LogP contribution >= 0.6 is 0 Å². The van der Waals surface area contributed by atoms with E-state index in [9.17, 15) is 4.79 Å². The van der Waals surface area contributed by atoms with Crippen molar-refractivity contribution in [2.45, 2.75) is 26.3 Å². The fourth-order valence-corrected chi connectivity index (χ4v) is 1.51. The van der Waals surface area contributed by atoms with Crippen LogP contribution in [0.3, 0.4) is 0 Å². The monoisotopic (exact) mass is 195 g/mol. The van der Waals surface area contributed by atoms with Crippen LogP contribution < -0.4 is 0 Å². The first-order valence-corrected chi connectivity index (χ1v) is 4.83. The number of likely N-dealkylation sites (tertiary alicyclic amines) is 1. The Bertz CT molecular complexity index is 335. The maximum absolute atomic E-state index is 11.0. The van der Waals surface area contributed by atoms with E-state index in [1.54, 1.807) is 0 Å². The minimum absolute atomic E-state index is 0.292. The van der Waals surface area contributed by atoms with Gasteiger partial charge >= 0.3 is 0 Å². The number of hydrogen-bond acceptors (Lipinski definition) is 5. The van der Waals surface area contributed by atoms with E-state index >= 15 is 0 Å². The van der Waals surface area contributed by atoms with Crippen molar-refractivity contribution in [3.05, 3.63) is 11.8 Å². The summed E-state index contributed by atoms with van der Waals surface area (Å²) >= 11 is 0. The van der Waals surface area contributed by atoms with Gasteiger partial charge in [-0.15, -0.1) is 10.2 Å². The number of carbonyl (C=O) groups excluding carboxylic acids is 1. The number of aromatic nitrogens is 2. The molecule has 0 spiro atoms. The molecular weight excluding hydrogens is 182 g/mol. The van der Waals surface area contributed by atoms with Crippen LogP contribution in [-0.2, 0) is 17.8 Å². The molecule has 0 aliphatic carbocycles. The Morgan fingerprint density at radius 2 is 2.21 bits per heavy atom. The molecule has 0 N–H and O–H groups in total. The van der Waals surface area contributed by atoms with Crippen molar-refractivity contribution in [1.82, 2.24) is 15.1 Å². The number of aryl methyl sites for hydroxylation is 1. The highest BCUT2D eigenvalue weighted by atomic mass is 16.4. The molecule has 0 bridgehead atoms. The second-order valence-electron chi connectivity index (χ2n) is 3.44. The largest absolute Gasteiger partial charge is 0.424 e. The molecule has 0 aromatic carbocycles. The van der Waals surface area contributed by atoms with Crippen LogP contribution in [0.25, 0.3) is 0 Å². The first-order chi connectivity index (χ1) is 6.78. The summed E-state index contributed by atoms with van der Waals surface area (Å²) in [6, 6.07) is 0. The predicted molar refractivity (Wildman–Crippen MR) is 48.6 cm³/mol. The fraction of sp³-hybridized carbons (Fsp3) is 0.667. The van der Waals surface area contributed by atoms with Gasteiger partial charge in [-0.3, -0.25) is 9.69 Å². The van der Waals surface area contributed by atoms with Gasteiger partial charge in [-0.25, -0.2) is 0 Å². The molecule has 0 atom stereocenters. The Kier molecular flexibility index (Phi) is 2.58. The number of carbonyl (C=O) groups is 1. The summed E-state index contributed by atoms with van der Waals surface area (Å²) in [4.78, 5) is 13.0. The van der Waals surface area contributed by atoms with Gasteiger partial charge in [0.15, 0.2) is 0 Å². The van der Waals surface area contributed by atoms with Crippen molar-refractivity contribution in [2.75, 3.05) is 13.1 Å². The summed E-state index contributed by atoms with van der Waals surface area (Å²) < 4.78 is 5.35. The zero-order valence-corrected chi connectivity index (χ0v) is 8.19. The molecule has 1 aliphatic rings. The Morgan fingerprint density at radius 3 is 2.79 bits per heavy atom. The fourth-order valence-electron chi connectivity index (χ4n) is 1.51. The molecule has 0 unspecified atom stereocenters. The first-order valence-electron chi connectivity index (χ1n) is 4.83. The minimum Gasteiger partial charge on any atom is -0.424 e. The summed E-state index contributed by atoms with van der Waals surface area (Å²) in [6.07, 6.45) is 1.40. The van der Waals surface area contributed by atoms with E-state index in [4.69, 9.17) is 4.42 Å². The van der Waals surface area contributed by atoms with Gasteiger partial charge in [-0.1, -0.05) is 6.92 Å². The van der Waals surface area contributed by atoms with Gasteiger partial charge in [0.2, 0.25) is 11.8 Å². The summed E-state index contributed by atoms with van der Waals surface area (Å²) in [5.41, 5.74) is 0. The first kappa shape index (κ1) is 9.33. The lowest BCUT2D eigenvalue weighted by molar-refractivity contribution is -0.116. The van der Waals surface area contributed by atoms with Gasteiger partial charge in [-0.2, -0.15) is 0 Å². The predicted octanol–water partition coefficient (Wildman–Crippen LogP) is 0.407. The zero-order valence-electron chi connectivity index (χ0n) is 8.19. The molecule has 0 radical (unpaired) electrons. The smallest absolute Gasteiger partial charge is 0.230 e. The Labute approximate surface area is 82.1 Å². The van der Waals surface area contributed by atoms with Crippen molar-refractivity contribution in [3.63, 3.8) is 0 Å². The third-order valence-corrected chi connectivity index (χ3v) is 2.28. The number of ketones is 1. The summed E-state index contributed by atoms with van der Waals surface area (Å²) in [7, 11) is 0. The summed E-state index contributed by atoms with van der Waals surface area (Å²) in [5, 5.41) is 7.77. The molecule has 14 heavy (non-hydrogen) atoms. The highest BCUT2D eigenvalue weighted by Gasteiger charge is 2.20. The summed E-state index contributed by atoms with van der Waals surface area (Å²) in [5.74, 6) is 1.56. The highest BCUT2D eigenvalue weighted by molar-refractivity contribution is 5.82. The second-order valence-corrected chi connectivity index (χ2v) is 3.44. The maximum atomic E-state index is 11.0. The Balaban J connectivity index is 1.93. The van der Waals surface area contributed by atoms with Gasteiger partial charge in [-0.05, 0) is 0 Å². The van der Waals surface area contributed by atoms with Crippen molar-refractivity contribution in [1.29, 1.82) is 0 Å². The normalized spacial score (nSPS) is 17.9. The van der Waals surface area contributed by atoms with Crippen LogP contribution in [0.1, 0.15) is 25.1 Å². The van der Waals surface area contributed by atoms with Gasteiger partial charge in [0.05, 0.1) is 13.1 Å². The highest BCUT2D eigenvalue weighted by Crippen LogP contribution is 2.09. The topological polar surface area (TPSA) is 59.2 Å². The third-order valence-electron chi connectivity index (χ3n) is 2.28. The lowest BCUT2D eigenvalue weighted by Crippen LogP contribution is -2.20. The number of nitrogens with zero attached hydrogens (tertiary/aromatic N) is 3. The van der Waals surface area contributed by atoms with Gasteiger partial charge in [0.1, 0.15) is 5.78 Å². The van der Waals surface area contributed by atoms with E-state index in [2.05, 4.69) is 10.2 Å². The maximum Gasteiger partial charge on any atom is 0.230 e. The summed E-state index contributed by atoms with van der Waals surface area (Å²) in [6.45, 7) is 3.89.